The van der Waals surface area contributed by atoms with Gasteiger partial charge in [0.1, 0.15) is 11.0 Å². The van der Waals surface area contributed by atoms with Crippen LogP contribution in [-0.2, 0) is 14.8 Å². The van der Waals surface area contributed by atoms with Crippen molar-refractivity contribution in [3.63, 3.8) is 0 Å². The smallest absolute Gasteiger partial charge is 0.246 e. The molecule has 1 aromatic rings. The number of aromatic nitrogens is 1. The van der Waals surface area contributed by atoms with Gasteiger partial charge in [0.05, 0.1) is 6.54 Å². The maximum Gasteiger partial charge on any atom is 0.246 e. The number of hydrogen-bond acceptors (Lipinski definition) is 5. The van der Waals surface area contributed by atoms with Crippen LogP contribution in [0, 0.1) is 11.3 Å². The fourth-order valence-electron chi connectivity index (χ4n) is 1.15. The number of nitrogens with zero attached hydrogens (tertiary/aromatic N) is 3. The summed E-state index contributed by atoms with van der Waals surface area (Å²) in [7, 11) is -2.73. The van der Waals surface area contributed by atoms with E-state index in [1.807, 2.05) is 0 Å². The number of nitriles is 1. The molecule has 1 heterocycles. The summed E-state index contributed by atoms with van der Waals surface area (Å²) < 4.78 is 24.7. The summed E-state index contributed by atoms with van der Waals surface area (Å²) in [5.74, 6) is -0.779. The Hall–Kier alpha value is -1.98. The highest BCUT2D eigenvalue weighted by Crippen LogP contribution is 2.16. The molecule has 0 unspecified atom stereocenters. The number of primary amides is 1. The van der Waals surface area contributed by atoms with Crippen LogP contribution in [0.5, 0.6) is 0 Å². The van der Waals surface area contributed by atoms with Gasteiger partial charge in [-0.25, -0.2) is 13.4 Å². The van der Waals surface area contributed by atoms with Gasteiger partial charge in [-0.3, -0.25) is 4.79 Å². The Kier molecular flexibility index (Phi) is 3.77. The van der Waals surface area contributed by atoms with E-state index in [1.165, 1.54) is 25.4 Å². The molecule has 8 heteroatoms. The van der Waals surface area contributed by atoms with E-state index in [9.17, 15) is 13.2 Å². The molecule has 1 amide bonds. The summed E-state index contributed by atoms with van der Waals surface area (Å²) in [6.45, 7) is -0.456. The zero-order valence-electron chi connectivity index (χ0n) is 8.99. The lowest BCUT2D eigenvalue weighted by atomic mass is 10.4. The minimum Gasteiger partial charge on any atom is -0.369 e. The van der Waals surface area contributed by atoms with Crippen LogP contribution >= 0.6 is 0 Å². The van der Waals surface area contributed by atoms with E-state index < -0.39 is 22.5 Å². The van der Waals surface area contributed by atoms with Crippen LogP contribution in [0.15, 0.2) is 23.2 Å². The van der Waals surface area contributed by atoms with Crippen molar-refractivity contribution in [1.29, 1.82) is 5.26 Å². The van der Waals surface area contributed by atoms with Crippen LogP contribution < -0.4 is 5.73 Å². The van der Waals surface area contributed by atoms with Crippen LogP contribution in [0.2, 0.25) is 0 Å². The number of amides is 1. The molecular formula is C9H10N4O3S. The highest BCUT2D eigenvalue weighted by Gasteiger charge is 2.25. The maximum absolute atomic E-state index is 12.0. The first-order valence-corrected chi connectivity index (χ1v) is 5.93. The SMILES string of the molecule is CN(CC(N)=O)S(=O)(=O)c1cccnc1C#N. The predicted molar refractivity (Wildman–Crippen MR) is 58.0 cm³/mol. The second kappa shape index (κ2) is 4.90. The Morgan fingerprint density at radius 2 is 2.29 bits per heavy atom. The minimum absolute atomic E-state index is 0.219. The summed E-state index contributed by atoms with van der Waals surface area (Å²) in [6, 6.07) is 4.32. The number of likely N-dealkylation sites (N-methyl/N-ethyl adjacent to an activating group) is 1. The van der Waals surface area contributed by atoms with Crippen molar-refractivity contribution >= 4 is 15.9 Å². The van der Waals surface area contributed by atoms with Gasteiger partial charge in [-0.2, -0.15) is 9.57 Å². The van der Waals surface area contributed by atoms with Crippen LogP contribution in [0.3, 0.4) is 0 Å². The first-order valence-electron chi connectivity index (χ1n) is 4.49. The second-order valence-electron chi connectivity index (χ2n) is 3.19. The van der Waals surface area contributed by atoms with Crippen molar-refractivity contribution in [3.05, 3.63) is 24.0 Å². The Morgan fingerprint density at radius 1 is 1.65 bits per heavy atom. The summed E-state index contributed by atoms with van der Waals surface area (Å²) in [4.78, 5) is 14.1. The van der Waals surface area contributed by atoms with Crippen LogP contribution in [0.4, 0.5) is 0 Å². The Labute approximate surface area is 98.5 Å². The van der Waals surface area contributed by atoms with Gasteiger partial charge in [0.25, 0.3) is 0 Å². The largest absolute Gasteiger partial charge is 0.369 e. The second-order valence-corrected chi connectivity index (χ2v) is 5.20. The maximum atomic E-state index is 12.0. The van der Waals surface area contributed by atoms with Crippen molar-refractivity contribution in [1.82, 2.24) is 9.29 Å². The standard InChI is InChI=1S/C9H10N4O3S/c1-13(6-9(11)14)17(15,16)8-3-2-4-12-7(8)5-10/h2-4H,6H2,1H3,(H2,11,14). The summed E-state index contributed by atoms with van der Waals surface area (Å²) >= 11 is 0. The van der Waals surface area contributed by atoms with E-state index in [2.05, 4.69) is 4.98 Å². The predicted octanol–water partition coefficient (Wildman–Crippen LogP) is -0.941. The number of carbonyl (C=O) groups is 1. The Balaban J connectivity index is 3.23. The molecule has 0 saturated carbocycles. The highest BCUT2D eigenvalue weighted by atomic mass is 32.2. The van der Waals surface area contributed by atoms with Crippen molar-refractivity contribution in [3.8, 4) is 6.07 Å². The van der Waals surface area contributed by atoms with Gasteiger partial charge < -0.3 is 5.73 Å². The number of nitrogens with two attached hydrogens (primary N) is 1. The van der Waals surface area contributed by atoms with E-state index in [4.69, 9.17) is 11.0 Å². The van der Waals surface area contributed by atoms with Crippen molar-refractivity contribution in [2.75, 3.05) is 13.6 Å². The zero-order valence-corrected chi connectivity index (χ0v) is 9.81. The topological polar surface area (TPSA) is 117 Å². The van der Waals surface area contributed by atoms with E-state index in [1.54, 1.807) is 6.07 Å². The molecule has 0 saturated heterocycles. The molecule has 0 aliphatic carbocycles. The molecule has 7 nitrogen and oxygen atoms in total. The molecule has 0 bridgehead atoms. The molecule has 0 spiro atoms. The summed E-state index contributed by atoms with van der Waals surface area (Å²) in [6.07, 6.45) is 1.31. The average Bonchev–Trinajstić information content (AvgIpc) is 2.28. The molecule has 2 N–H and O–H groups in total. The molecule has 0 atom stereocenters. The third-order valence-electron chi connectivity index (χ3n) is 1.94. The molecule has 0 aliphatic heterocycles. The highest BCUT2D eigenvalue weighted by molar-refractivity contribution is 7.89. The fourth-order valence-corrected chi connectivity index (χ4v) is 2.38. The number of pyridine rings is 1. The zero-order chi connectivity index (χ0) is 13.1. The molecule has 0 aliphatic rings. The lowest BCUT2D eigenvalue weighted by molar-refractivity contribution is -0.118. The monoisotopic (exact) mass is 254 g/mol. The Bertz CT molecular complexity index is 576. The van der Waals surface area contributed by atoms with Crippen molar-refractivity contribution < 1.29 is 13.2 Å². The average molecular weight is 254 g/mol. The first-order chi connectivity index (χ1) is 7.89. The van der Waals surface area contributed by atoms with Crippen LogP contribution in [0.1, 0.15) is 5.69 Å². The minimum atomic E-state index is -3.93. The molecule has 17 heavy (non-hydrogen) atoms. The number of rotatable bonds is 4. The molecular weight excluding hydrogens is 244 g/mol. The van der Waals surface area contributed by atoms with Crippen molar-refractivity contribution in [2.45, 2.75) is 4.90 Å². The number of hydrogen-bond donors (Lipinski definition) is 1. The lowest BCUT2D eigenvalue weighted by Crippen LogP contribution is -2.35. The van der Waals surface area contributed by atoms with Crippen LogP contribution in [0.25, 0.3) is 0 Å². The normalized spacial score (nSPS) is 11.1. The van der Waals surface area contributed by atoms with Crippen molar-refractivity contribution in [2.24, 2.45) is 5.73 Å². The van der Waals surface area contributed by atoms with E-state index >= 15 is 0 Å². The quantitative estimate of drug-likeness (QED) is 0.744. The molecule has 0 fully saturated rings. The molecule has 0 aromatic carbocycles. The third kappa shape index (κ3) is 2.77. The van der Waals surface area contributed by atoms with Gasteiger partial charge in [0.15, 0.2) is 5.69 Å². The Morgan fingerprint density at radius 3 is 2.82 bits per heavy atom. The van der Waals surface area contributed by atoms with E-state index in [-0.39, 0.29) is 10.6 Å². The van der Waals surface area contributed by atoms with Crippen LogP contribution in [-0.4, -0.2) is 37.2 Å². The third-order valence-corrected chi connectivity index (χ3v) is 3.78. The van der Waals surface area contributed by atoms with Gasteiger partial charge in [0.2, 0.25) is 15.9 Å². The molecule has 0 radical (unpaired) electrons. The van der Waals surface area contributed by atoms with Gasteiger partial charge in [0, 0.05) is 13.2 Å². The van der Waals surface area contributed by atoms with E-state index in [0.717, 1.165) is 4.31 Å². The summed E-state index contributed by atoms with van der Waals surface area (Å²) in [5.41, 5.74) is 4.69. The number of carbonyl (C=O) groups excluding carboxylic acids is 1. The fraction of sp³-hybridized carbons (Fsp3) is 0.222. The summed E-state index contributed by atoms with van der Waals surface area (Å²) in [5, 5.41) is 8.76. The van der Waals surface area contributed by atoms with Gasteiger partial charge in [-0.1, -0.05) is 0 Å². The molecule has 90 valence electrons. The first kappa shape index (κ1) is 13.1. The van der Waals surface area contributed by atoms with Gasteiger partial charge in [-0.15, -0.1) is 0 Å². The molecule has 1 rings (SSSR count). The van der Waals surface area contributed by atoms with Gasteiger partial charge >= 0.3 is 0 Å². The molecule has 1 aromatic heterocycles. The number of sulfonamides is 1. The van der Waals surface area contributed by atoms with Gasteiger partial charge in [-0.05, 0) is 12.1 Å². The lowest BCUT2D eigenvalue weighted by Gasteiger charge is -2.15. The van der Waals surface area contributed by atoms with E-state index in [0.29, 0.717) is 0 Å².